The van der Waals surface area contributed by atoms with Crippen molar-refractivity contribution >= 4 is 34.3 Å². The fraction of sp³-hybridized carbons (Fsp3) is 0.273. The largest absolute Gasteiger partial charge is 0.381 e. The third-order valence-electron chi connectivity index (χ3n) is 5.20. The zero-order valence-corrected chi connectivity index (χ0v) is 16.5. The van der Waals surface area contributed by atoms with E-state index in [9.17, 15) is 9.18 Å². The Morgan fingerprint density at radius 2 is 1.86 bits per heavy atom. The zero-order valence-electron chi connectivity index (χ0n) is 15.7. The fourth-order valence-electron chi connectivity index (χ4n) is 3.66. The van der Waals surface area contributed by atoms with Crippen molar-refractivity contribution in [2.45, 2.75) is 23.8 Å². The van der Waals surface area contributed by atoms with Crippen molar-refractivity contribution in [3.8, 4) is 0 Å². The molecular weight excluding hydrogens is 373 g/mol. The minimum Gasteiger partial charge on any atom is -0.381 e. The molecule has 0 spiro atoms. The molecule has 3 aromatic rings. The smallest absolute Gasteiger partial charge is 0.256 e. The van der Waals surface area contributed by atoms with Gasteiger partial charge in [0.2, 0.25) is 0 Å². The molecule has 0 saturated carbocycles. The molecule has 1 amide bonds. The Morgan fingerprint density at radius 1 is 1.14 bits per heavy atom. The highest BCUT2D eigenvalue weighted by Crippen LogP contribution is 2.33. The van der Waals surface area contributed by atoms with E-state index in [-0.39, 0.29) is 17.5 Å². The Hall–Kier alpha value is -2.60. The standard InChI is InChI=1S/C22H22FN3OS/c1-28-20-14-24-19-9-5-3-7-17(19)21(20)25-15-10-12-26(13-11-15)22(27)16-6-2-4-8-18(16)23/h2-9,14-15H,10-13H2,1H3,(H,24,25). The minimum atomic E-state index is -0.458. The lowest BCUT2D eigenvalue weighted by Gasteiger charge is -2.33. The van der Waals surface area contributed by atoms with Crippen LogP contribution in [0.1, 0.15) is 23.2 Å². The number of anilines is 1. The van der Waals surface area contributed by atoms with Crippen LogP contribution >= 0.6 is 11.8 Å². The van der Waals surface area contributed by atoms with Crippen molar-refractivity contribution in [3.05, 3.63) is 66.1 Å². The topological polar surface area (TPSA) is 45.2 Å². The summed E-state index contributed by atoms with van der Waals surface area (Å²) in [4.78, 5) is 20.0. The van der Waals surface area contributed by atoms with Gasteiger partial charge in [-0.2, -0.15) is 0 Å². The van der Waals surface area contributed by atoms with E-state index in [0.717, 1.165) is 34.3 Å². The number of hydrogen-bond acceptors (Lipinski definition) is 4. The van der Waals surface area contributed by atoms with Crippen LogP contribution in [0.2, 0.25) is 0 Å². The molecule has 0 radical (unpaired) electrons. The second-order valence-corrected chi connectivity index (χ2v) is 7.76. The van der Waals surface area contributed by atoms with Gasteiger partial charge in [0.05, 0.1) is 16.8 Å². The van der Waals surface area contributed by atoms with Crippen LogP contribution < -0.4 is 5.32 Å². The fourth-order valence-corrected chi connectivity index (χ4v) is 4.19. The molecule has 2 heterocycles. The minimum absolute atomic E-state index is 0.152. The monoisotopic (exact) mass is 395 g/mol. The van der Waals surface area contributed by atoms with Crippen molar-refractivity contribution in [2.75, 3.05) is 24.7 Å². The number of halogens is 1. The summed E-state index contributed by atoms with van der Waals surface area (Å²) in [5.74, 6) is -0.684. The second-order valence-electron chi connectivity index (χ2n) is 6.91. The van der Waals surface area contributed by atoms with E-state index in [1.54, 1.807) is 34.9 Å². The van der Waals surface area contributed by atoms with Crippen LogP contribution in [0.5, 0.6) is 0 Å². The van der Waals surface area contributed by atoms with Crippen LogP contribution in [-0.4, -0.2) is 41.2 Å². The van der Waals surface area contributed by atoms with Crippen molar-refractivity contribution < 1.29 is 9.18 Å². The first-order chi connectivity index (χ1) is 13.7. The summed E-state index contributed by atoms with van der Waals surface area (Å²) in [6.07, 6.45) is 5.61. The number of para-hydroxylation sites is 1. The van der Waals surface area contributed by atoms with Gasteiger partial charge in [-0.1, -0.05) is 30.3 Å². The van der Waals surface area contributed by atoms with E-state index in [2.05, 4.69) is 16.4 Å². The highest BCUT2D eigenvalue weighted by atomic mass is 32.2. The molecule has 28 heavy (non-hydrogen) atoms. The molecule has 0 unspecified atom stereocenters. The number of likely N-dealkylation sites (tertiary alicyclic amines) is 1. The number of nitrogens with one attached hydrogen (secondary N) is 1. The quantitative estimate of drug-likeness (QED) is 0.644. The SMILES string of the molecule is CSc1cnc2ccccc2c1NC1CCN(C(=O)c2ccccc2F)CC1. The first kappa shape index (κ1) is 18.7. The summed E-state index contributed by atoms with van der Waals surface area (Å²) in [6, 6.07) is 14.6. The van der Waals surface area contributed by atoms with Crippen molar-refractivity contribution in [2.24, 2.45) is 0 Å². The first-order valence-electron chi connectivity index (χ1n) is 9.39. The van der Waals surface area contributed by atoms with Crippen LogP contribution in [0, 0.1) is 5.82 Å². The van der Waals surface area contributed by atoms with E-state index in [1.165, 1.54) is 6.07 Å². The van der Waals surface area contributed by atoms with Crippen LogP contribution in [-0.2, 0) is 0 Å². The number of fused-ring (bicyclic) bond motifs is 1. The summed E-state index contributed by atoms with van der Waals surface area (Å²) in [7, 11) is 0. The molecule has 1 aliphatic rings. The molecule has 1 fully saturated rings. The van der Waals surface area contributed by atoms with Crippen LogP contribution in [0.4, 0.5) is 10.1 Å². The Bertz CT molecular complexity index is 1000. The Morgan fingerprint density at radius 3 is 2.61 bits per heavy atom. The molecule has 144 valence electrons. The third-order valence-corrected chi connectivity index (χ3v) is 5.94. The number of piperidine rings is 1. The highest BCUT2D eigenvalue weighted by Gasteiger charge is 2.25. The molecular formula is C22H22FN3OS. The third kappa shape index (κ3) is 3.69. The molecule has 2 aromatic carbocycles. The zero-order chi connectivity index (χ0) is 19.5. The van der Waals surface area contributed by atoms with Crippen LogP contribution in [0.15, 0.2) is 59.6 Å². The molecule has 1 saturated heterocycles. The molecule has 4 rings (SSSR count). The number of benzene rings is 2. The van der Waals surface area contributed by atoms with E-state index in [1.807, 2.05) is 30.7 Å². The molecule has 0 bridgehead atoms. The Labute approximate surface area is 168 Å². The van der Waals surface area contributed by atoms with Crippen molar-refractivity contribution in [1.29, 1.82) is 0 Å². The normalized spacial score (nSPS) is 15.0. The van der Waals surface area contributed by atoms with Gasteiger partial charge in [0.25, 0.3) is 5.91 Å². The maximum atomic E-state index is 13.9. The predicted octanol–water partition coefficient (Wildman–Crippen LogP) is 4.81. The van der Waals surface area contributed by atoms with E-state index >= 15 is 0 Å². The summed E-state index contributed by atoms with van der Waals surface area (Å²) >= 11 is 1.67. The predicted molar refractivity (Wildman–Crippen MR) is 112 cm³/mol. The van der Waals surface area contributed by atoms with Gasteiger partial charge >= 0.3 is 0 Å². The highest BCUT2D eigenvalue weighted by molar-refractivity contribution is 7.98. The number of carbonyl (C=O) groups excluding carboxylic acids is 1. The molecule has 1 aromatic heterocycles. The van der Waals surface area contributed by atoms with Gasteiger partial charge in [0, 0.05) is 35.6 Å². The molecule has 0 aliphatic carbocycles. The van der Waals surface area contributed by atoms with Crippen LogP contribution in [0.25, 0.3) is 10.9 Å². The first-order valence-corrected chi connectivity index (χ1v) is 10.6. The van der Waals surface area contributed by atoms with E-state index < -0.39 is 5.82 Å². The van der Waals surface area contributed by atoms with Crippen molar-refractivity contribution in [3.63, 3.8) is 0 Å². The average molecular weight is 396 g/mol. The number of pyridine rings is 1. The lowest BCUT2D eigenvalue weighted by molar-refractivity contribution is 0.0714. The van der Waals surface area contributed by atoms with Gasteiger partial charge in [0.15, 0.2) is 0 Å². The number of carbonyl (C=O) groups is 1. The summed E-state index contributed by atoms with van der Waals surface area (Å²) in [5.41, 5.74) is 2.23. The maximum Gasteiger partial charge on any atom is 0.256 e. The van der Waals surface area contributed by atoms with E-state index in [0.29, 0.717) is 13.1 Å². The maximum absolute atomic E-state index is 13.9. The van der Waals surface area contributed by atoms with E-state index in [4.69, 9.17) is 0 Å². The second kappa shape index (κ2) is 8.19. The summed E-state index contributed by atoms with van der Waals surface area (Å²) < 4.78 is 13.9. The van der Waals surface area contributed by atoms with Gasteiger partial charge in [0.1, 0.15) is 5.82 Å². The molecule has 1 N–H and O–H groups in total. The van der Waals surface area contributed by atoms with Crippen molar-refractivity contribution in [1.82, 2.24) is 9.88 Å². The van der Waals surface area contributed by atoms with Gasteiger partial charge < -0.3 is 10.2 Å². The number of aromatic nitrogens is 1. The van der Waals surface area contributed by atoms with Gasteiger partial charge in [-0.3, -0.25) is 9.78 Å². The number of rotatable bonds is 4. The molecule has 0 atom stereocenters. The lowest BCUT2D eigenvalue weighted by atomic mass is 10.0. The van der Waals surface area contributed by atoms with Gasteiger partial charge in [-0.15, -0.1) is 11.8 Å². The van der Waals surface area contributed by atoms with Gasteiger partial charge in [-0.05, 0) is 37.3 Å². The number of hydrogen-bond donors (Lipinski definition) is 1. The molecule has 6 heteroatoms. The Balaban J connectivity index is 1.47. The number of thioether (sulfide) groups is 1. The summed E-state index contributed by atoms with van der Waals surface area (Å²) in [6.45, 7) is 1.23. The number of amides is 1. The lowest BCUT2D eigenvalue weighted by Crippen LogP contribution is -2.42. The van der Waals surface area contributed by atoms with Crippen LogP contribution in [0.3, 0.4) is 0 Å². The summed E-state index contributed by atoms with van der Waals surface area (Å²) in [5, 5.41) is 4.79. The van der Waals surface area contributed by atoms with Gasteiger partial charge in [-0.25, -0.2) is 4.39 Å². The molecule has 4 nitrogen and oxygen atoms in total. The number of nitrogens with zero attached hydrogens (tertiary/aromatic N) is 2. The Kier molecular flexibility index (Phi) is 5.48. The average Bonchev–Trinajstić information content (AvgIpc) is 2.74. The molecule has 1 aliphatic heterocycles.